The number of aromatic nitrogens is 2. The van der Waals surface area contributed by atoms with Crippen LogP contribution in [-0.4, -0.2) is 16.2 Å². The van der Waals surface area contributed by atoms with Crippen LogP contribution in [0.15, 0.2) is 54.6 Å². The van der Waals surface area contributed by atoms with Gasteiger partial charge in [-0.25, -0.2) is 4.98 Å². The summed E-state index contributed by atoms with van der Waals surface area (Å²) in [7, 11) is -3.69. The lowest BCUT2D eigenvalue weighted by molar-refractivity contribution is -0.170. The van der Waals surface area contributed by atoms with Crippen LogP contribution in [-0.2, 0) is 4.57 Å². The fourth-order valence-corrected chi connectivity index (χ4v) is 2.99. The second-order valence-corrected chi connectivity index (χ2v) is 6.51. The van der Waals surface area contributed by atoms with Gasteiger partial charge in [0.2, 0.25) is 0 Å². The van der Waals surface area contributed by atoms with Gasteiger partial charge in [0.25, 0.3) is 0 Å². The normalized spacial score (nSPS) is 14.4. The van der Waals surface area contributed by atoms with E-state index in [4.69, 9.17) is 0 Å². The summed E-state index contributed by atoms with van der Waals surface area (Å²) >= 11 is 0. The zero-order valence-corrected chi connectivity index (χ0v) is 11.2. The summed E-state index contributed by atoms with van der Waals surface area (Å²) in [5.41, 5.74) is 2.37. The Morgan fingerprint density at radius 1 is 1.05 bits per heavy atom. The van der Waals surface area contributed by atoms with E-state index in [2.05, 4.69) is 4.98 Å². The molecule has 19 heavy (non-hydrogen) atoms. The van der Waals surface area contributed by atoms with Gasteiger partial charge < -0.3 is 9.46 Å². The Morgan fingerprint density at radius 3 is 2.37 bits per heavy atom. The van der Waals surface area contributed by atoms with Crippen molar-refractivity contribution in [3.63, 3.8) is 0 Å². The van der Waals surface area contributed by atoms with E-state index < -0.39 is 7.37 Å². The first-order valence-corrected chi connectivity index (χ1v) is 7.96. The maximum atomic E-state index is 11.9. The van der Waals surface area contributed by atoms with E-state index >= 15 is 0 Å². The standard InChI is InChI=1S/C14H13N2O2P/c1-19(17,18)14-15-12-9-5-6-10-13(12)16(14)11-7-3-2-4-8-11/h2-10H,1H3,(H,17,18)/p-1. The molecule has 0 saturated carbocycles. The molecule has 0 radical (unpaired) electrons. The number of fused-ring (bicyclic) bond motifs is 1. The first-order valence-electron chi connectivity index (χ1n) is 5.89. The molecule has 1 aromatic heterocycles. The Hall–Kier alpha value is -1.90. The SMILES string of the molecule is CP(=O)([O-])c1nc2ccccc2n1-c1ccccc1. The van der Waals surface area contributed by atoms with Gasteiger partial charge in [0, 0.05) is 5.69 Å². The average molecular weight is 271 g/mol. The van der Waals surface area contributed by atoms with Crippen molar-refractivity contribution in [2.75, 3.05) is 6.66 Å². The Kier molecular flexibility index (Phi) is 2.77. The number of para-hydroxylation sites is 3. The fourth-order valence-electron chi connectivity index (χ4n) is 2.12. The first-order chi connectivity index (χ1) is 9.07. The Balaban J connectivity index is 2.41. The lowest BCUT2D eigenvalue weighted by atomic mass is 10.3. The predicted octanol–water partition coefficient (Wildman–Crippen LogP) is 1.92. The molecule has 0 N–H and O–H groups in total. The molecule has 3 rings (SSSR count). The van der Waals surface area contributed by atoms with E-state index in [9.17, 15) is 9.46 Å². The van der Waals surface area contributed by atoms with Crippen molar-refractivity contribution in [3.05, 3.63) is 54.6 Å². The third-order valence-corrected chi connectivity index (χ3v) is 3.95. The molecule has 0 bridgehead atoms. The molecule has 0 aliphatic carbocycles. The molecule has 5 heteroatoms. The van der Waals surface area contributed by atoms with Crippen molar-refractivity contribution >= 4 is 24.0 Å². The van der Waals surface area contributed by atoms with Gasteiger partial charge in [-0.1, -0.05) is 30.3 Å². The van der Waals surface area contributed by atoms with Crippen LogP contribution in [0.3, 0.4) is 0 Å². The number of nitrogens with zero attached hydrogens (tertiary/aromatic N) is 2. The van der Waals surface area contributed by atoms with Crippen molar-refractivity contribution < 1.29 is 9.46 Å². The summed E-state index contributed by atoms with van der Waals surface area (Å²) in [5, 5.41) is 0. The van der Waals surface area contributed by atoms with Gasteiger partial charge in [0.1, 0.15) is 0 Å². The van der Waals surface area contributed by atoms with Crippen LogP contribution in [0.1, 0.15) is 0 Å². The van der Waals surface area contributed by atoms with E-state index in [0.29, 0.717) is 5.52 Å². The van der Waals surface area contributed by atoms with Crippen LogP contribution in [0, 0.1) is 0 Å². The molecule has 1 unspecified atom stereocenters. The number of hydrogen-bond acceptors (Lipinski definition) is 3. The summed E-state index contributed by atoms with van der Waals surface area (Å²) in [5.74, 6) is 0. The van der Waals surface area contributed by atoms with Crippen LogP contribution in [0.25, 0.3) is 16.7 Å². The molecule has 0 fully saturated rings. The highest BCUT2D eigenvalue weighted by Gasteiger charge is 2.17. The summed E-state index contributed by atoms with van der Waals surface area (Å²) in [6.07, 6.45) is 0. The van der Waals surface area contributed by atoms with Crippen molar-refractivity contribution in [2.24, 2.45) is 0 Å². The molecule has 2 aromatic carbocycles. The second-order valence-electron chi connectivity index (χ2n) is 4.42. The molecule has 3 aromatic rings. The monoisotopic (exact) mass is 271 g/mol. The molecular weight excluding hydrogens is 259 g/mol. The lowest BCUT2D eigenvalue weighted by Gasteiger charge is -2.19. The van der Waals surface area contributed by atoms with Crippen LogP contribution in [0.2, 0.25) is 0 Å². The minimum absolute atomic E-state index is 0.0971. The summed E-state index contributed by atoms with van der Waals surface area (Å²) in [6.45, 7) is 1.20. The highest BCUT2D eigenvalue weighted by atomic mass is 31.2. The van der Waals surface area contributed by atoms with Gasteiger partial charge in [-0.05, 0) is 30.9 Å². The maximum Gasteiger partial charge on any atom is 0.160 e. The number of benzene rings is 2. The zero-order valence-electron chi connectivity index (χ0n) is 10.4. The molecule has 0 aliphatic rings. The third kappa shape index (κ3) is 2.09. The zero-order chi connectivity index (χ0) is 13.5. The van der Waals surface area contributed by atoms with E-state index in [-0.39, 0.29) is 5.57 Å². The van der Waals surface area contributed by atoms with Crippen molar-refractivity contribution in [3.8, 4) is 5.69 Å². The Bertz CT molecular complexity index is 775. The minimum atomic E-state index is -3.69. The molecule has 1 heterocycles. The third-order valence-electron chi connectivity index (χ3n) is 2.92. The van der Waals surface area contributed by atoms with Gasteiger partial charge in [0.15, 0.2) is 5.57 Å². The summed E-state index contributed by atoms with van der Waals surface area (Å²) < 4.78 is 13.6. The highest BCUT2D eigenvalue weighted by Crippen LogP contribution is 2.31. The topological polar surface area (TPSA) is 57.9 Å². The molecule has 0 spiro atoms. The van der Waals surface area contributed by atoms with Gasteiger partial charge in [-0.3, -0.25) is 4.57 Å². The van der Waals surface area contributed by atoms with Crippen molar-refractivity contribution in [1.29, 1.82) is 0 Å². The van der Waals surface area contributed by atoms with Gasteiger partial charge in [-0.2, -0.15) is 0 Å². The smallest absolute Gasteiger partial charge is 0.160 e. The van der Waals surface area contributed by atoms with Crippen LogP contribution in [0.4, 0.5) is 0 Å². The van der Waals surface area contributed by atoms with E-state index in [1.165, 1.54) is 6.66 Å². The van der Waals surface area contributed by atoms with E-state index in [1.807, 2.05) is 54.6 Å². The van der Waals surface area contributed by atoms with Gasteiger partial charge in [0.05, 0.1) is 18.4 Å². The average Bonchev–Trinajstić information content (AvgIpc) is 2.79. The summed E-state index contributed by atoms with van der Waals surface area (Å²) in [4.78, 5) is 16.2. The Labute approximate surface area is 110 Å². The summed E-state index contributed by atoms with van der Waals surface area (Å²) in [6, 6.07) is 16.8. The molecule has 4 nitrogen and oxygen atoms in total. The predicted molar refractivity (Wildman–Crippen MR) is 74.2 cm³/mol. The maximum absolute atomic E-state index is 11.9. The van der Waals surface area contributed by atoms with Crippen molar-refractivity contribution in [2.45, 2.75) is 0 Å². The van der Waals surface area contributed by atoms with E-state index in [1.54, 1.807) is 4.57 Å². The number of hydrogen-bond donors (Lipinski definition) is 0. The second kappa shape index (κ2) is 4.34. The molecule has 1 atom stereocenters. The molecule has 0 amide bonds. The van der Waals surface area contributed by atoms with Crippen molar-refractivity contribution in [1.82, 2.24) is 9.55 Å². The fraction of sp³-hybridized carbons (Fsp3) is 0.0714. The molecule has 0 saturated heterocycles. The number of imidazole rings is 1. The molecule has 96 valence electrons. The number of rotatable bonds is 2. The van der Waals surface area contributed by atoms with E-state index in [0.717, 1.165) is 11.2 Å². The molecule has 0 aliphatic heterocycles. The first kappa shape index (κ1) is 12.2. The van der Waals surface area contributed by atoms with Crippen LogP contribution < -0.4 is 10.5 Å². The van der Waals surface area contributed by atoms with Gasteiger partial charge >= 0.3 is 0 Å². The quantitative estimate of drug-likeness (QED) is 0.669. The minimum Gasteiger partial charge on any atom is -0.794 e. The highest BCUT2D eigenvalue weighted by molar-refractivity contribution is 7.63. The van der Waals surface area contributed by atoms with Crippen LogP contribution in [0.5, 0.6) is 0 Å². The van der Waals surface area contributed by atoms with Gasteiger partial charge in [-0.15, -0.1) is 0 Å². The Morgan fingerprint density at radius 2 is 1.68 bits per heavy atom. The lowest BCUT2D eigenvalue weighted by Crippen LogP contribution is -2.23. The van der Waals surface area contributed by atoms with Crippen LogP contribution >= 0.6 is 7.37 Å². The molecular formula is C14H12N2O2P-. The largest absolute Gasteiger partial charge is 0.794 e.